The number of nitrogens with zero attached hydrogens (tertiary/aromatic N) is 1. The largest absolute Gasteiger partial charge is 0.494 e. The molecular weight excluding hydrogens is 250 g/mol. The van der Waals surface area contributed by atoms with E-state index in [-0.39, 0.29) is 11.3 Å². The monoisotopic (exact) mass is 263 g/mol. The predicted molar refractivity (Wildman–Crippen MR) is 66.8 cm³/mol. The summed E-state index contributed by atoms with van der Waals surface area (Å²) in [6.45, 7) is 0.693. The van der Waals surface area contributed by atoms with Gasteiger partial charge in [-0.3, -0.25) is 4.79 Å². The Balaban J connectivity index is 2.29. The van der Waals surface area contributed by atoms with Gasteiger partial charge in [0, 0.05) is 7.05 Å². The topological polar surface area (TPSA) is 76.1 Å². The second-order valence-electron chi connectivity index (χ2n) is 3.89. The van der Waals surface area contributed by atoms with Crippen LogP contribution in [0, 0.1) is 0 Å². The van der Waals surface area contributed by atoms with Crippen molar-refractivity contribution in [2.45, 2.75) is 0 Å². The van der Waals surface area contributed by atoms with Gasteiger partial charge in [0.15, 0.2) is 0 Å². The molecule has 2 rings (SSSR count). The highest BCUT2D eigenvalue weighted by Gasteiger charge is 2.23. The maximum absolute atomic E-state index is 12.1. The van der Waals surface area contributed by atoms with Gasteiger partial charge in [0.1, 0.15) is 19.5 Å². The van der Waals surface area contributed by atoms with Crippen LogP contribution in [0.1, 0.15) is 10.4 Å². The molecule has 0 atom stereocenters. The number of carbonyl (C=O) groups excluding carboxylic acids is 1. The summed E-state index contributed by atoms with van der Waals surface area (Å²) in [5.41, 5.74) is 0.353. The number of carboxylic acids is 1. The number of carboxylic acid groups (broad SMARTS) is 1. The Labute approximate surface area is 109 Å². The Bertz CT molecular complexity index is 538. The molecule has 0 fully saturated rings. The van der Waals surface area contributed by atoms with Gasteiger partial charge < -0.3 is 19.5 Å². The number of benzene rings is 1. The fourth-order valence-corrected chi connectivity index (χ4v) is 1.70. The first-order valence-corrected chi connectivity index (χ1v) is 5.66. The van der Waals surface area contributed by atoms with E-state index in [1.54, 1.807) is 18.2 Å². The third-order valence-corrected chi connectivity index (χ3v) is 2.66. The molecule has 0 unspecified atom stereocenters. The lowest BCUT2D eigenvalue weighted by Gasteiger charge is -2.22. The minimum absolute atomic E-state index is 0.0516. The molecule has 19 heavy (non-hydrogen) atoms. The Morgan fingerprint density at radius 1 is 1.26 bits per heavy atom. The van der Waals surface area contributed by atoms with Crippen molar-refractivity contribution in [2.75, 3.05) is 25.2 Å². The highest BCUT2D eigenvalue weighted by molar-refractivity contribution is 6.07. The molecule has 100 valence electrons. The SMILES string of the molecule is CN(C(=O)C1=COCCO1)c1ccccc1C(=O)O. The fourth-order valence-electron chi connectivity index (χ4n) is 1.70. The van der Waals surface area contributed by atoms with Crippen LogP contribution in [-0.2, 0) is 14.3 Å². The lowest BCUT2D eigenvalue weighted by atomic mass is 10.1. The highest BCUT2D eigenvalue weighted by atomic mass is 16.6. The van der Waals surface area contributed by atoms with Crippen molar-refractivity contribution in [3.05, 3.63) is 41.9 Å². The lowest BCUT2D eigenvalue weighted by Crippen LogP contribution is -2.31. The predicted octanol–water partition coefficient (Wildman–Crippen LogP) is 1.24. The first kappa shape index (κ1) is 12.9. The van der Waals surface area contributed by atoms with Crippen molar-refractivity contribution in [3.8, 4) is 0 Å². The van der Waals surface area contributed by atoms with Crippen LogP contribution in [0.2, 0.25) is 0 Å². The van der Waals surface area contributed by atoms with Crippen molar-refractivity contribution in [3.63, 3.8) is 0 Å². The quantitative estimate of drug-likeness (QED) is 0.887. The lowest BCUT2D eigenvalue weighted by molar-refractivity contribution is -0.119. The van der Waals surface area contributed by atoms with E-state index in [4.69, 9.17) is 14.6 Å². The number of ether oxygens (including phenoxy) is 2. The summed E-state index contributed by atoms with van der Waals surface area (Å²) in [5.74, 6) is -1.48. The Hall–Kier alpha value is -2.50. The zero-order valence-electron chi connectivity index (χ0n) is 10.3. The minimum atomic E-state index is -1.09. The Morgan fingerprint density at radius 2 is 2.00 bits per heavy atom. The summed E-state index contributed by atoms with van der Waals surface area (Å²) in [6, 6.07) is 6.27. The number of anilines is 1. The van der Waals surface area contributed by atoms with E-state index in [0.717, 1.165) is 0 Å². The van der Waals surface area contributed by atoms with Crippen LogP contribution in [0.15, 0.2) is 36.3 Å². The number of likely N-dealkylation sites (N-methyl/N-ethyl adjacent to an activating group) is 1. The molecule has 0 saturated carbocycles. The number of hydrogen-bond acceptors (Lipinski definition) is 4. The number of aromatic carboxylic acids is 1. The molecule has 0 radical (unpaired) electrons. The highest BCUT2D eigenvalue weighted by Crippen LogP contribution is 2.21. The van der Waals surface area contributed by atoms with Gasteiger partial charge in [-0.15, -0.1) is 0 Å². The molecule has 0 spiro atoms. The second-order valence-corrected chi connectivity index (χ2v) is 3.89. The average molecular weight is 263 g/mol. The minimum Gasteiger partial charge on any atom is -0.494 e. The van der Waals surface area contributed by atoms with Crippen LogP contribution < -0.4 is 4.90 Å². The first-order valence-electron chi connectivity index (χ1n) is 5.66. The van der Waals surface area contributed by atoms with E-state index in [2.05, 4.69) is 0 Å². The number of para-hydroxylation sites is 1. The van der Waals surface area contributed by atoms with Gasteiger partial charge >= 0.3 is 5.97 Å². The molecule has 6 heteroatoms. The Kier molecular flexibility index (Phi) is 3.70. The van der Waals surface area contributed by atoms with Crippen molar-refractivity contribution in [1.29, 1.82) is 0 Å². The van der Waals surface area contributed by atoms with Gasteiger partial charge in [-0.2, -0.15) is 0 Å². The second kappa shape index (κ2) is 5.43. The maximum Gasteiger partial charge on any atom is 0.337 e. The molecule has 1 aromatic carbocycles. The summed E-state index contributed by atoms with van der Waals surface area (Å²) in [7, 11) is 1.49. The molecule has 6 nitrogen and oxygen atoms in total. The number of amides is 1. The number of rotatable bonds is 3. The van der Waals surface area contributed by atoms with Crippen molar-refractivity contribution in [2.24, 2.45) is 0 Å². The Morgan fingerprint density at radius 3 is 2.63 bits per heavy atom. The van der Waals surface area contributed by atoms with Crippen LogP contribution in [0.5, 0.6) is 0 Å². The van der Waals surface area contributed by atoms with E-state index in [1.807, 2.05) is 0 Å². The molecule has 0 saturated heterocycles. The van der Waals surface area contributed by atoms with E-state index in [0.29, 0.717) is 18.9 Å². The standard InChI is InChI=1S/C13H13NO5/c1-14(12(15)11-8-18-6-7-19-11)10-5-3-2-4-9(10)13(16)17/h2-5,8H,6-7H2,1H3,(H,16,17). The van der Waals surface area contributed by atoms with Crippen molar-refractivity contribution < 1.29 is 24.2 Å². The van der Waals surface area contributed by atoms with Gasteiger partial charge in [0.2, 0.25) is 5.76 Å². The first-order chi connectivity index (χ1) is 9.11. The summed E-state index contributed by atoms with van der Waals surface area (Å²) in [4.78, 5) is 24.5. The van der Waals surface area contributed by atoms with Crippen LogP contribution in [0.4, 0.5) is 5.69 Å². The normalized spacial score (nSPS) is 13.8. The zero-order valence-corrected chi connectivity index (χ0v) is 10.3. The van der Waals surface area contributed by atoms with Gasteiger partial charge in [-0.1, -0.05) is 12.1 Å². The summed E-state index contributed by atoms with van der Waals surface area (Å²) >= 11 is 0. The third-order valence-electron chi connectivity index (χ3n) is 2.66. The average Bonchev–Trinajstić information content (AvgIpc) is 2.46. The van der Waals surface area contributed by atoms with Gasteiger partial charge in [-0.05, 0) is 12.1 Å². The summed E-state index contributed by atoms with van der Waals surface area (Å²) in [6.07, 6.45) is 1.24. The maximum atomic E-state index is 12.1. The van der Waals surface area contributed by atoms with E-state index in [1.165, 1.54) is 24.3 Å². The molecule has 1 heterocycles. The zero-order chi connectivity index (χ0) is 13.8. The summed E-state index contributed by atoms with van der Waals surface area (Å²) < 4.78 is 10.2. The molecule has 1 aliphatic rings. The number of carbonyl (C=O) groups is 2. The van der Waals surface area contributed by atoms with E-state index < -0.39 is 11.9 Å². The molecule has 0 aromatic heterocycles. The number of hydrogen-bond donors (Lipinski definition) is 1. The van der Waals surface area contributed by atoms with Gasteiger partial charge in [0.05, 0.1) is 11.3 Å². The van der Waals surface area contributed by atoms with Crippen LogP contribution in [-0.4, -0.2) is 37.2 Å². The molecule has 1 N–H and O–H groups in total. The van der Waals surface area contributed by atoms with Gasteiger partial charge in [0.25, 0.3) is 5.91 Å². The molecule has 1 aromatic rings. The van der Waals surface area contributed by atoms with Crippen LogP contribution in [0.3, 0.4) is 0 Å². The van der Waals surface area contributed by atoms with Crippen molar-refractivity contribution in [1.82, 2.24) is 0 Å². The molecule has 1 aliphatic heterocycles. The molecular formula is C13H13NO5. The summed E-state index contributed by atoms with van der Waals surface area (Å²) in [5, 5.41) is 9.10. The van der Waals surface area contributed by atoms with Crippen LogP contribution >= 0.6 is 0 Å². The fraction of sp³-hybridized carbons (Fsp3) is 0.231. The molecule has 1 amide bonds. The third kappa shape index (κ3) is 2.67. The van der Waals surface area contributed by atoms with E-state index >= 15 is 0 Å². The van der Waals surface area contributed by atoms with Crippen molar-refractivity contribution >= 4 is 17.6 Å². The van der Waals surface area contributed by atoms with Gasteiger partial charge in [-0.25, -0.2) is 4.79 Å². The smallest absolute Gasteiger partial charge is 0.337 e. The molecule has 0 bridgehead atoms. The van der Waals surface area contributed by atoms with Crippen LogP contribution in [0.25, 0.3) is 0 Å². The van der Waals surface area contributed by atoms with E-state index in [9.17, 15) is 9.59 Å². The molecule has 0 aliphatic carbocycles.